The van der Waals surface area contributed by atoms with Crippen molar-refractivity contribution in [3.8, 4) is 11.5 Å². The summed E-state index contributed by atoms with van der Waals surface area (Å²) in [5, 5.41) is 16.3. The van der Waals surface area contributed by atoms with Crippen molar-refractivity contribution in [3.63, 3.8) is 0 Å². The second kappa shape index (κ2) is 8.96. The van der Waals surface area contributed by atoms with Gasteiger partial charge in [0.15, 0.2) is 5.78 Å². The number of ether oxygens (including phenoxy) is 2. The van der Waals surface area contributed by atoms with Crippen molar-refractivity contribution >= 4 is 30.0 Å². The van der Waals surface area contributed by atoms with Gasteiger partial charge in [0.25, 0.3) is 0 Å². The minimum atomic E-state index is -0.914. The van der Waals surface area contributed by atoms with E-state index in [2.05, 4.69) is 0 Å². The summed E-state index contributed by atoms with van der Waals surface area (Å²) in [6.07, 6.45) is 0.341. The number of hydrogen-bond donors (Lipinski definition) is 3. The first-order chi connectivity index (χ1) is 13.3. The Balaban J connectivity index is 0.00000300. The summed E-state index contributed by atoms with van der Waals surface area (Å²) in [7, 11) is 0. The summed E-state index contributed by atoms with van der Waals surface area (Å²) in [4.78, 5) is 23.4. The van der Waals surface area contributed by atoms with E-state index in [1.165, 1.54) is 0 Å². The van der Waals surface area contributed by atoms with Gasteiger partial charge in [0, 0.05) is 12.0 Å². The Bertz CT molecular complexity index is 929. The Kier molecular flexibility index (Phi) is 6.87. The van der Waals surface area contributed by atoms with Gasteiger partial charge in [-0.05, 0) is 37.1 Å². The molecule has 0 aromatic heterocycles. The van der Waals surface area contributed by atoms with Gasteiger partial charge in [-0.1, -0.05) is 24.3 Å². The number of amidine groups is 1. The summed E-state index contributed by atoms with van der Waals surface area (Å²) >= 11 is 0. The zero-order valence-electron chi connectivity index (χ0n) is 15.9. The van der Waals surface area contributed by atoms with Gasteiger partial charge in [-0.15, -0.1) is 12.4 Å². The molecule has 1 atom stereocenters. The van der Waals surface area contributed by atoms with E-state index in [9.17, 15) is 9.59 Å². The minimum Gasteiger partial charge on any atom is -0.489 e. The van der Waals surface area contributed by atoms with Crippen LogP contribution in [0.25, 0.3) is 0 Å². The van der Waals surface area contributed by atoms with Crippen LogP contribution in [-0.4, -0.2) is 28.3 Å². The second-order valence-electron chi connectivity index (χ2n) is 7.10. The van der Waals surface area contributed by atoms with Gasteiger partial charge in [0.2, 0.25) is 0 Å². The third kappa shape index (κ3) is 5.48. The number of carboxylic acid groups (broad SMARTS) is 1. The van der Waals surface area contributed by atoms with Gasteiger partial charge in [-0.2, -0.15) is 0 Å². The van der Waals surface area contributed by atoms with Crippen LogP contribution in [0.2, 0.25) is 0 Å². The van der Waals surface area contributed by atoms with Crippen molar-refractivity contribution in [2.75, 3.05) is 0 Å². The molecule has 1 unspecified atom stereocenters. The molecule has 3 rings (SSSR count). The molecule has 0 fully saturated rings. The third-order valence-corrected chi connectivity index (χ3v) is 4.68. The molecule has 0 radical (unpaired) electrons. The predicted molar refractivity (Wildman–Crippen MR) is 110 cm³/mol. The molecular formula is C21H23ClN2O5. The number of halogens is 1. The number of nitrogens with two attached hydrogens (primary N) is 1. The van der Waals surface area contributed by atoms with Gasteiger partial charge in [-0.25, -0.2) is 0 Å². The molecule has 1 aliphatic heterocycles. The summed E-state index contributed by atoms with van der Waals surface area (Å²) in [5.41, 5.74) is 6.62. The van der Waals surface area contributed by atoms with E-state index < -0.39 is 11.6 Å². The fourth-order valence-electron chi connectivity index (χ4n) is 3.10. The third-order valence-electron chi connectivity index (χ3n) is 4.68. The molecule has 2 aromatic rings. The highest BCUT2D eigenvalue weighted by Crippen LogP contribution is 2.37. The van der Waals surface area contributed by atoms with Crippen molar-refractivity contribution in [3.05, 3.63) is 59.2 Å². The Labute approximate surface area is 174 Å². The lowest BCUT2D eigenvalue weighted by Crippen LogP contribution is -2.39. The van der Waals surface area contributed by atoms with Gasteiger partial charge >= 0.3 is 5.97 Å². The second-order valence-corrected chi connectivity index (χ2v) is 7.10. The monoisotopic (exact) mass is 418 g/mol. The van der Waals surface area contributed by atoms with Crippen LogP contribution in [0.3, 0.4) is 0 Å². The number of aliphatic carboxylic acids is 1. The summed E-state index contributed by atoms with van der Waals surface area (Å²) in [5.74, 6) is -0.00707. The molecule has 1 heterocycles. The predicted octanol–water partition coefficient (Wildman–Crippen LogP) is 3.56. The van der Waals surface area contributed by atoms with E-state index in [4.69, 9.17) is 25.7 Å². The molecule has 0 amide bonds. The fourth-order valence-corrected chi connectivity index (χ4v) is 3.10. The van der Waals surface area contributed by atoms with Crippen molar-refractivity contribution in [2.24, 2.45) is 5.73 Å². The number of benzene rings is 2. The molecule has 8 heteroatoms. The fraction of sp³-hybridized carbons (Fsp3) is 0.286. The zero-order chi connectivity index (χ0) is 20.3. The zero-order valence-corrected chi connectivity index (χ0v) is 16.8. The van der Waals surface area contributed by atoms with Crippen molar-refractivity contribution in [1.82, 2.24) is 0 Å². The van der Waals surface area contributed by atoms with Crippen LogP contribution in [0.5, 0.6) is 11.5 Å². The SMILES string of the molecule is CC1(CCC(=O)O)CC(=O)c2cc(OCc3ccc(C(=N)N)cc3)ccc2O1.Cl. The van der Waals surface area contributed by atoms with Crippen LogP contribution < -0.4 is 15.2 Å². The molecular weight excluding hydrogens is 396 g/mol. The van der Waals surface area contributed by atoms with E-state index >= 15 is 0 Å². The number of rotatable bonds is 7. The van der Waals surface area contributed by atoms with Crippen molar-refractivity contribution in [1.29, 1.82) is 5.41 Å². The van der Waals surface area contributed by atoms with E-state index in [0.29, 0.717) is 29.2 Å². The number of ketones is 1. The molecule has 0 saturated heterocycles. The normalized spacial score (nSPS) is 17.5. The summed E-state index contributed by atoms with van der Waals surface area (Å²) in [6.45, 7) is 2.06. The number of nitrogen functional groups attached to an aromatic ring is 1. The molecule has 154 valence electrons. The first kappa shape index (κ1) is 22.2. The van der Waals surface area contributed by atoms with Gasteiger partial charge in [-0.3, -0.25) is 15.0 Å². The number of hydrogen-bond acceptors (Lipinski definition) is 5. The minimum absolute atomic E-state index is 0. The quantitative estimate of drug-likeness (QED) is 0.466. The van der Waals surface area contributed by atoms with Crippen molar-refractivity contribution < 1.29 is 24.2 Å². The lowest BCUT2D eigenvalue weighted by molar-refractivity contribution is -0.138. The number of Topliss-reactive ketones (excluding diaryl/α,β-unsaturated/α-hetero) is 1. The molecule has 0 saturated carbocycles. The maximum atomic E-state index is 12.6. The van der Waals surface area contributed by atoms with Gasteiger partial charge in [0.1, 0.15) is 29.5 Å². The standard InChI is InChI=1S/C21H22N2O5.ClH/c1-21(9-8-19(25)26)11-17(24)16-10-15(6-7-18(16)28-21)27-12-13-2-4-14(5-3-13)20(22)23;/h2-7,10H,8-9,11-12H2,1H3,(H3,22,23)(H,25,26);1H. The van der Waals surface area contributed by atoms with Gasteiger partial charge in [0.05, 0.1) is 12.0 Å². The highest BCUT2D eigenvalue weighted by atomic mass is 35.5. The van der Waals surface area contributed by atoms with Crippen LogP contribution in [0, 0.1) is 5.41 Å². The van der Waals surface area contributed by atoms with Crippen LogP contribution in [0.1, 0.15) is 47.7 Å². The smallest absolute Gasteiger partial charge is 0.303 e. The highest BCUT2D eigenvalue weighted by molar-refractivity contribution is 6.00. The van der Waals surface area contributed by atoms with Crippen LogP contribution >= 0.6 is 12.4 Å². The number of carboxylic acids is 1. The Hall–Kier alpha value is -3.06. The molecule has 2 aromatic carbocycles. The number of nitrogens with one attached hydrogen (secondary N) is 1. The molecule has 0 bridgehead atoms. The summed E-state index contributed by atoms with van der Waals surface area (Å²) < 4.78 is 11.7. The topological polar surface area (TPSA) is 123 Å². The number of fused-ring (bicyclic) bond motifs is 1. The van der Waals surface area contributed by atoms with Crippen LogP contribution in [0.4, 0.5) is 0 Å². The first-order valence-corrected chi connectivity index (χ1v) is 8.90. The van der Waals surface area contributed by atoms with Gasteiger partial charge < -0.3 is 20.3 Å². The Morgan fingerprint density at radius 1 is 1.28 bits per heavy atom. The Morgan fingerprint density at radius 2 is 1.97 bits per heavy atom. The average molecular weight is 419 g/mol. The molecule has 7 nitrogen and oxygen atoms in total. The van der Waals surface area contributed by atoms with Crippen LogP contribution in [-0.2, 0) is 11.4 Å². The number of carbonyl (C=O) groups excluding carboxylic acids is 1. The van der Waals surface area contributed by atoms with E-state index in [1.54, 1.807) is 37.3 Å². The first-order valence-electron chi connectivity index (χ1n) is 8.90. The average Bonchev–Trinajstić information content (AvgIpc) is 2.65. The molecule has 4 N–H and O–H groups in total. The highest BCUT2D eigenvalue weighted by Gasteiger charge is 2.36. The molecule has 0 aliphatic carbocycles. The van der Waals surface area contributed by atoms with E-state index in [0.717, 1.165) is 5.56 Å². The molecule has 0 spiro atoms. The maximum absolute atomic E-state index is 12.6. The van der Waals surface area contributed by atoms with E-state index in [1.807, 2.05) is 12.1 Å². The maximum Gasteiger partial charge on any atom is 0.303 e. The lowest BCUT2D eigenvalue weighted by Gasteiger charge is -2.34. The lowest BCUT2D eigenvalue weighted by atomic mass is 9.88. The number of carbonyl (C=O) groups is 2. The van der Waals surface area contributed by atoms with Crippen LogP contribution in [0.15, 0.2) is 42.5 Å². The van der Waals surface area contributed by atoms with Crippen molar-refractivity contribution in [2.45, 2.75) is 38.4 Å². The van der Waals surface area contributed by atoms with E-state index in [-0.39, 0.29) is 43.3 Å². The summed E-state index contributed by atoms with van der Waals surface area (Å²) in [6, 6.07) is 12.2. The Morgan fingerprint density at radius 3 is 2.59 bits per heavy atom. The largest absolute Gasteiger partial charge is 0.489 e. The molecule has 29 heavy (non-hydrogen) atoms. The molecule has 1 aliphatic rings.